The van der Waals surface area contributed by atoms with Gasteiger partial charge in [0.2, 0.25) is 0 Å². The van der Waals surface area contributed by atoms with Crippen molar-refractivity contribution in [2.24, 2.45) is 0 Å². The molecule has 0 aromatic heterocycles. The second-order valence-electron chi connectivity index (χ2n) is 4.75. The van der Waals surface area contributed by atoms with E-state index in [0.717, 1.165) is 0 Å². The van der Waals surface area contributed by atoms with Crippen LogP contribution in [0.25, 0.3) is 0 Å². The van der Waals surface area contributed by atoms with Crippen molar-refractivity contribution in [3.63, 3.8) is 0 Å². The van der Waals surface area contributed by atoms with E-state index in [0.29, 0.717) is 29.0 Å². The minimum absolute atomic E-state index is 0.289. The van der Waals surface area contributed by atoms with Crippen LogP contribution in [-0.2, 0) is 4.79 Å². The van der Waals surface area contributed by atoms with Gasteiger partial charge in [0.15, 0.2) is 11.5 Å². The summed E-state index contributed by atoms with van der Waals surface area (Å²) in [5, 5.41) is 11.7. The number of ether oxygens (including phenoxy) is 2. The molecule has 0 heterocycles. The molecule has 1 rings (SSSR count). The number of carboxylic acid groups (broad SMARTS) is 1. The van der Waals surface area contributed by atoms with E-state index in [1.807, 2.05) is 0 Å². The van der Waals surface area contributed by atoms with Crippen LogP contribution in [-0.4, -0.2) is 37.2 Å². The molecule has 0 spiro atoms. The number of aliphatic carboxylic acids is 1. The summed E-state index contributed by atoms with van der Waals surface area (Å²) in [7, 11) is 2.98. The molecule has 1 unspecified atom stereocenters. The summed E-state index contributed by atoms with van der Waals surface area (Å²) in [6.07, 6.45) is 2.41. The maximum Gasteiger partial charge on any atom is 0.326 e. The highest BCUT2D eigenvalue weighted by molar-refractivity contribution is 5.98. The van der Waals surface area contributed by atoms with E-state index < -0.39 is 17.9 Å². The lowest BCUT2D eigenvalue weighted by Crippen LogP contribution is -2.40. The first-order chi connectivity index (χ1) is 10.4. The summed E-state index contributed by atoms with van der Waals surface area (Å²) < 4.78 is 10.3. The zero-order chi connectivity index (χ0) is 16.7. The van der Waals surface area contributed by atoms with Gasteiger partial charge in [0.1, 0.15) is 6.04 Å². The Morgan fingerprint density at radius 2 is 1.91 bits per heavy atom. The zero-order valence-corrected chi connectivity index (χ0v) is 13.0. The number of methoxy groups -OCH3 is 2. The second-order valence-corrected chi connectivity index (χ2v) is 4.75. The van der Waals surface area contributed by atoms with Crippen LogP contribution in [0.15, 0.2) is 24.8 Å². The van der Waals surface area contributed by atoms with E-state index in [1.165, 1.54) is 20.3 Å². The lowest BCUT2D eigenvalue weighted by Gasteiger charge is -2.16. The number of hydrogen-bond acceptors (Lipinski definition) is 4. The molecule has 22 heavy (non-hydrogen) atoms. The molecule has 0 fully saturated rings. The normalized spacial score (nSPS) is 11.4. The van der Waals surface area contributed by atoms with E-state index >= 15 is 0 Å². The molecule has 6 nitrogen and oxygen atoms in total. The van der Waals surface area contributed by atoms with Gasteiger partial charge in [0.05, 0.1) is 14.2 Å². The molecular weight excluding hydrogens is 286 g/mol. The Kier molecular flexibility index (Phi) is 6.44. The Morgan fingerprint density at radius 3 is 2.41 bits per heavy atom. The molecule has 0 aliphatic carbocycles. The Hall–Kier alpha value is -2.50. The summed E-state index contributed by atoms with van der Waals surface area (Å²) in [6.45, 7) is 5.30. The SMILES string of the molecule is C=CCCC(NC(=O)c1cc(OC)c(OC)cc1C)C(=O)O. The van der Waals surface area contributed by atoms with Crippen LogP contribution in [0.2, 0.25) is 0 Å². The third-order valence-electron chi connectivity index (χ3n) is 3.24. The highest BCUT2D eigenvalue weighted by Crippen LogP contribution is 2.30. The van der Waals surface area contributed by atoms with Crippen LogP contribution in [0.3, 0.4) is 0 Å². The quantitative estimate of drug-likeness (QED) is 0.719. The number of benzene rings is 1. The van der Waals surface area contributed by atoms with Gasteiger partial charge in [-0.3, -0.25) is 4.79 Å². The molecule has 1 aromatic carbocycles. The number of carbonyl (C=O) groups is 2. The number of nitrogens with one attached hydrogen (secondary N) is 1. The number of carbonyl (C=O) groups excluding carboxylic acids is 1. The molecule has 0 aliphatic rings. The van der Waals surface area contributed by atoms with Crippen molar-refractivity contribution in [3.05, 3.63) is 35.9 Å². The molecular formula is C16H21NO5. The van der Waals surface area contributed by atoms with E-state index in [2.05, 4.69) is 11.9 Å². The monoisotopic (exact) mass is 307 g/mol. The smallest absolute Gasteiger partial charge is 0.326 e. The second kappa shape index (κ2) is 8.07. The van der Waals surface area contributed by atoms with Crippen molar-refractivity contribution >= 4 is 11.9 Å². The number of hydrogen-bond donors (Lipinski definition) is 2. The zero-order valence-electron chi connectivity index (χ0n) is 13.0. The molecule has 0 aliphatic heterocycles. The van der Waals surface area contributed by atoms with Crippen molar-refractivity contribution in [1.82, 2.24) is 5.32 Å². The van der Waals surface area contributed by atoms with Crippen molar-refractivity contribution in [2.75, 3.05) is 14.2 Å². The number of aryl methyl sites for hydroxylation is 1. The largest absolute Gasteiger partial charge is 0.493 e. The number of carboxylic acids is 1. The average molecular weight is 307 g/mol. The standard InChI is InChI=1S/C16H21NO5/c1-5-6-7-12(16(19)20)17-15(18)11-9-14(22-4)13(21-3)8-10(11)2/h5,8-9,12H,1,6-7H2,2-4H3,(H,17,18)(H,19,20). The third-order valence-corrected chi connectivity index (χ3v) is 3.24. The van der Waals surface area contributed by atoms with Gasteiger partial charge >= 0.3 is 5.97 Å². The maximum atomic E-state index is 12.3. The van der Waals surface area contributed by atoms with Gasteiger partial charge in [-0.1, -0.05) is 6.08 Å². The highest BCUT2D eigenvalue weighted by Gasteiger charge is 2.22. The van der Waals surface area contributed by atoms with E-state index in [1.54, 1.807) is 19.1 Å². The van der Waals surface area contributed by atoms with Crippen molar-refractivity contribution in [3.8, 4) is 11.5 Å². The predicted octanol–water partition coefficient (Wildman–Crippen LogP) is 2.16. The van der Waals surface area contributed by atoms with Crippen LogP contribution >= 0.6 is 0 Å². The molecule has 0 saturated carbocycles. The van der Waals surface area contributed by atoms with Crippen LogP contribution in [0.1, 0.15) is 28.8 Å². The van der Waals surface area contributed by atoms with Gasteiger partial charge in [-0.2, -0.15) is 0 Å². The average Bonchev–Trinajstić information content (AvgIpc) is 2.50. The Bertz CT molecular complexity index is 568. The molecule has 0 saturated heterocycles. The lowest BCUT2D eigenvalue weighted by molar-refractivity contribution is -0.139. The van der Waals surface area contributed by atoms with Crippen molar-refractivity contribution in [2.45, 2.75) is 25.8 Å². The first-order valence-electron chi connectivity index (χ1n) is 6.81. The van der Waals surface area contributed by atoms with Gasteiger partial charge in [-0.05, 0) is 37.5 Å². The number of allylic oxidation sites excluding steroid dienone is 1. The molecule has 1 aromatic rings. The first kappa shape index (κ1) is 17.6. The summed E-state index contributed by atoms with van der Waals surface area (Å²) >= 11 is 0. The van der Waals surface area contributed by atoms with Crippen molar-refractivity contribution in [1.29, 1.82) is 0 Å². The summed E-state index contributed by atoms with van der Waals surface area (Å²) in [4.78, 5) is 23.5. The Morgan fingerprint density at radius 1 is 1.32 bits per heavy atom. The van der Waals surface area contributed by atoms with Gasteiger partial charge in [-0.15, -0.1) is 6.58 Å². The minimum atomic E-state index is -1.08. The summed E-state index contributed by atoms with van der Waals surface area (Å²) in [5.74, 6) is -0.613. The summed E-state index contributed by atoms with van der Waals surface area (Å²) in [6, 6.07) is 2.25. The number of rotatable bonds is 8. The molecule has 0 bridgehead atoms. The van der Waals surface area contributed by atoms with E-state index in [4.69, 9.17) is 14.6 Å². The topological polar surface area (TPSA) is 84.9 Å². The van der Waals surface area contributed by atoms with Gasteiger partial charge in [0.25, 0.3) is 5.91 Å². The highest BCUT2D eigenvalue weighted by atomic mass is 16.5. The van der Waals surface area contributed by atoms with Gasteiger partial charge < -0.3 is 19.9 Å². The molecule has 0 radical (unpaired) electrons. The Balaban J connectivity index is 3.01. The van der Waals surface area contributed by atoms with E-state index in [9.17, 15) is 9.59 Å². The molecule has 120 valence electrons. The van der Waals surface area contributed by atoms with Crippen molar-refractivity contribution < 1.29 is 24.2 Å². The Labute approximate surface area is 129 Å². The van der Waals surface area contributed by atoms with Crippen LogP contribution in [0, 0.1) is 6.92 Å². The van der Waals surface area contributed by atoms with Gasteiger partial charge in [0, 0.05) is 5.56 Å². The lowest BCUT2D eigenvalue weighted by atomic mass is 10.1. The first-order valence-corrected chi connectivity index (χ1v) is 6.81. The van der Waals surface area contributed by atoms with Crippen LogP contribution < -0.4 is 14.8 Å². The fourth-order valence-corrected chi connectivity index (χ4v) is 2.00. The minimum Gasteiger partial charge on any atom is -0.493 e. The fourth-order valence-electron chi connectivity index (χ4n) is 2.00. The summed E-state index contributed by atoms with van der Waals surface area (Å²) in [5.41, 5.74) is 1.02. The van der Waals surface area contributed by atoms with E-state index in [-0.39, 0.29) is 6.42 Å². The third kappa shape index (κ3) is 4.25. The predicted molar refractivity (Wildman–Crippen MR) is 82.6 cm³/mol. The number of amides is 1. The molecule has 2 N–H and O–H groups in total. The van der Waals surface area contributed by atoms with Crippen LogP contribution in [0.5, 0.6) is 11.5 Å². The fraction of sp³-hybridized carbons (Fsp3) is 0.375. The maximum absolute atomic E-state index is 12.3. The van der Waals surface area contributed by atoms with Crippen LogP contribution in [0.4, 0.5) is 0 Å². The van der Waals surface area contributed by atoms with Gasteiger partial charge in [-0.25, -0.2) is 4.79 Å². The molecule has 1 amide bonds. The molecule has 6 heteroatoms. The molecule has 1 atom stereocenters.